The maximum Gasteiger partial charge on any atom is 0.253 e. The van der Waals surface area contributed by atoms with E-state index >= 15 is 0 Å². The Morgan fingerprint density at radius 3 is 2.38 bits per heavy atom. The number of aromatic nitrogens is 2. The van der Waals surface area contributed by atoms with Gasteiger partial charge in [0.25, 0.3) is 5.91 Å². The van der Waals surface area contributed by atoms with Crippen LogP contribution in [0.15, 0.2) is 42.6 Å². The van der Waals surface area contributed by atoms with E-state index in [0.717, 1.165) is 48.1 Å². The molecule has 2 heterocycles. The summed E-state index contributed by atoms with van der Waals surface area (Å²) in [5.41, 5.74) is 5.39. The standard InChI is InChI=1S/C27H34N4O3/c1-6-30(7-2)27(32)20-10-8-19(9-11-20)26-23-15-25(34-5)24(33-4)14-21(23)12-13-31(26)17-22-16-28-18(3)29-22/h8-11,14-16,26H,6-7,12-13,17H2,1-5H3,(H,28,29). The minimum atomic E-state index is 0.0183. The van der Waals surface area contributed by atoms with Crippen LogP contribution in [-0.4, -0.2) is 59.5 Å². The van der Waals surface area contributed by atoms with Crippen LogP contribution in [0.5, 0.6) is 11.5 Å². The summed E-state index contributed by atoms with van der Waals surface area (Å²) in [7, 11) is 3.34. The summed E-state index contributed by atoms with van der Waals surface area (Å²) >= 11 is 0. The van der Waals surface area contributed by atoms with Crippen molar-refractivity contribution in [1.82, 2.24) is 19.8 Å². The summed E-state index contributed by atoms with van der Waals surface area (Å²) < 4.78 is 11.2. The third-order valence-corrected chi connectivity index (χ3v) is 6.63. The quantitative estimate of drug-likeness (QED) is 0.538. The van der Waals surface area contributed by atoms with Gasteiger partial charge in [-0.1, -0.05) is 12.1 Å². The fourth-order valence-electron chi connectivity index (χ4n) is 4.83. The number of ether oxygens (including phenoxy) is 2. The Bertz CT molecular complexity index is 1140. The van der Waals surface area contributed by atoms with Crippen molar-refractivity contribution in [3.8, 4) is 11.5 Å². The molecule has 1 aliphatic rings. The number of imidazole rings is 1. The SMILES string of the molecule is CCN(CC)C(=O)c1ccc(C2c3cc(OC)c(OC)cc3CCN2Cc2cnc(C)[nH]2)cc1. The molecular formula is C27H34N4O3. The maximum atomic E-state index is 12.8. The van der Waals surface area contributed by atoms with Gasteiger partial charge in [0.1, 0.15) is 5.82 Å². The van der Waals surface area contributed by atoms with E-state index in [1.807, 2.05) is 44.0 Å². The van der Waals surface area contributed by atoms with Crippen LogP contribution in [0.1, 0.15) is 58.5 Å². The van der Waals surface area contributed by atoms with Crippen molar-refractivity contribution >= 4 is 5.91 Å². The Balaban J connectivity index is 1.74. The minimum absolute atomic E-state index is 0.0183. The molecule has 1 atom stereocenters. The second-order valence-electron chi connectivity index (χ2n) is 8.62. The molecule has 3 aromatic rings. The van der Waals surface area contributed by atoms with Crippen LogP contribution in [0.2, 0.25) is 0 Å². The molecule has 4 rings (SSSR count). The van der Waals surface area contributed by atoms with Gasteiger partial charge in [-0.05, 0) is 68.1 Å². The number of fused-ring (bicyclic) bond motifs is 1. The van der Waals surface area contributed by atoms with E-state index in [9.17, 15) is 4.79 Å². The molecule has 1 aliphatic heterocycles. The molecule has 0 bridgehead atoms. The molecule has 180 valence electrons. The lowest BCUT2D eigenvalue weighted by Crippen LogP contribution is -2.36. The van der Waals surface area contributed by atoms with Crippen LogP contribution in [0.25, 0.3) is 0 Å². The predicted molar refractivity (Wildman–Crippen MR) is 133 cm³/mol. The number of amides is 1. The van der Waals surface area contributed by atoms with Crippen LogP contribution in [0.3, 0.4) is 0 Å². The van der Waals surface area contributed by atoms with Crippen molar-refractivity contribution < 1.29 is 14.3 Å². The number of hydrogen-bond acceptors (Lipinski definition) is 5. The Labute approximate surface area is 201 Å². The first kappa shape index (κ1) is 23.8. The number of rotatable bonds is 8. The lowest BCUT2D eigenvalue weighted by atomic mass is 9.87. The average Bonchev–Trinajstić information content (AvgIpc) is 3.28. The summed E-state index contributed by atoms with van der Waals surface area (Å²) in [5.74, 6) is 2.45. The predicted octanol–water partition coefficient (Wildman–Crippen LogP) is 4.37. The van der Waals surface area contributed by atoms with Crippen molar-refractivity contribution in [1.29, 1.82) is 0 Å². The van der Waals surface area contributed by atoms with Gasteiger partial charge in [0.2, 0.25) is 0 Å². The number of benzene rings is 2. The second kappa shape index (κ2) is 10.3. The summed E-state index contributed by atoms with van der Waals surface area (Å²) in [6, 6.07) is 12.3. The van der Waals surface area contributed by atoms with Gasteiger partial charge >= 0.3 is 0 Å². The fourth-order valence-corrected chi connectivity index (χ4v) is 4.83. The van der Waals surface area contributed by atoms with Crippen LogP contribution < -0.4 is 9.47 Å². The Morgan fingerprint density at radius 2 is 1.79 bits per heavy atom. The molecule has 0 fully saturated rings. The first-order valence-corrected chi connectivity index (χ1v) is 11.9. The van der Waals surface area contributed by atoms with Gasteiger partial charge in [-0.25, -0.2) is 4.98 Å². The molecule has 0 aliphatic carbocycles. The van der Waals surface area contributed by atoms with Gasteiger partial charge in [0.15, 0.2) is 11.5 Å². The topological polar surface area (TPSA) is 70.7 Å². The summed E-state index contributed by atoms with van der Waals surface area (Å²) in [4.78, 5) is 24.9. The van der Waals surface area contributed by atoms with E-state index in [1.54, 1.807) is 14.2 Å². The van der Waals surface area contributed by atoms with Gasteiger partial charge in [-0.3, -0.25) is 9.69 Å². The van der Waals surface area contributed by atoms with Crippen LogP contribution in [0, 0.1) is 6.92 Å². The number of aromatic amines is 1. The Morgan fingerprint density at radius 1 is 1.12 bits per heavy atom. The van der Waals surface area contributed by atoms with Gasteiger partial charge in [-0.2, -0.15) is 0 Å². The third-order valence-electron chi connectivity index (χ3n) is 6.63. The summed E-state index contributed by atoms with van der Waals surface area (Å²) in [5, 5.41) is 0. The number of carbonyl (C=O) groups excluding carboxylic acids is 1. The fraction of sp³-hybridized carbons (Fsp3) is 0.407. The molecule has 0 saturated heterocycles. The first-order valence-electron chi connectivity index (χ1n) is 11.9. The molecule has 0 spiro atoms. The van der Waals surface area contributed by atoms with E-state index in [0.29, 0.717) is 18.7 Å². The average molecular weight is 463 g/mol. The lowest BCUT2D eigenvalue weighted by molar-refractivity contribution is 0.0773. The number of nitrogens with zero attached hydrogens (tertiary/aromatic N) is 3. The molecule has 0 saturated carbocycles. The molecule has 7 heteroatoms. The first-order chi connectivity index (χ1) is 16.5. The third kappa shape index (κ3) is 4.66. The van der Waals surface area contributed by atoms with Gasteiger partial charge in [0.05, 0.1) is 20.3 Å². The van der Waals surface area contributed by atoms with E-state index in [-0.39, 0.29) is 11.9 Å². The highest BCUT2D eigenvalue weighted by Gasteiger charge is 2.31. The zero-order chi connectivity index (χ0) is 24.2. The number of methoxy groups -OCH3 is 2. The molecule has 1 N–H and O–H groups in total. The highest BCUT2D eigenvalue weighted by atomic mass is 16.5. The number of H-pyrrole nitrogens is 1. The molecule has 2 aromatic carbocycles. The second-order valence-corrected chi connectivity index (χ2v) is 8.62. The zero-order valence-electron chi connectivity index (χ0n) is 20.7. The normalized spacial score (nSPS) is 15.6. The maximum absolute atomic E-state index is 12.8. The largest absolute Gasteiger partial charge is 0.493 e. The molecule has 7 nitrogen and oxygen atoms in total. The van der Waals surface area contributed by atoms with Gasteiger partial charge < -0.3 is 19.4 Å². The van der Waals surface area contributed by atoms with E-state index in [1.165, 1.54) is 11.1 Å². The van der Waals surface area contributed by atoms with Crippen LogP contribution >= 0.6 is 0 Å². The van der Waals surface area contributed by atoms with E-state index < -0.39 is 0 Å². The smallest absolute Gasteiger partial charge is 0.253 e. The number of nitrogens with one attached hydrogen (secondary N) is 1. The van der Waals surface area contributed by atoms with Crippen LogP contribution in [0.4, 0.5) is 0 Å². The summed E-state index contributed by atoms with van der Waals surface area (Å²) in [6.45, 7) is 9.02. The monoisotopic (exact) mass is 462 g/mol. The molecule has 1 aromatic heterocycles. The van der Waals surface area contributed by atoms with Crippen molar-refractivity contribution in [2.75, 3.05) is 33.9 Å². The minimum Gasteiger partial charge on any atom is -0.493 e. The highest BCUT2D eigenvalue weighted by molar-refractivity contribution is 5.94. The molecule has 1 amide bonds. The van der Waals surface area contributed by atoms with E-state index in [4.69, 9.17) is 9.47 Å². The Hall–Kier alpha value is -3.32. The van der Waals surface area contributed by atoms with Gasteiger partial charge in [0, 0.05) is 43.6 Å². The molecule has 0 radical (unpaired) electrons. The van der Waals surface area contributed by atoms with Crippen LogP contribution in [-0.2, 0) is 13.0 Å². The Kier molecular flexibility index (Phi) is 7.22. The molecule has 34 heavy (non-hydrogen) atoms. The van der Waals surface area contributed by atoms with E-state index in [2.05, 4.69) is 39.1 Å². The summed E-state index contributed by atoms with van der Waals surface area (Å²) in [6.07, 6.45) is 2.82. The zero-order valence-corrected chi connectivity index (χ0v) is 20.7. The number of hydrogen-bond donors (Lipinski definition) is 1. The van der Waals surface area contributed by atoms with Gasteiger partial charge in [-0.15, -0.1) is 0 Å². The molecule has 1 unspecified atom stereocenters. The number of carbonyl (C=O) groups is 1. The molecular weight excluding hydrogens is 428 g/mol. The lowest BCUT2D eigenvalue weighted by Gasteiger charge is -2.38. The van der Waals surface area contributed by atoms with Crippen molar-refractivity contribution in [3.05, 3.63) is 76.4 Å². The van der Waals surface area contributed by atoms with Crippen molar-refractivity contribution in [2.24, 2.45) is 0 Å². The van der Waals surface area contributed by atoms with Crippen molar-refractivity contribution in [3.63, 3.8) is 0 Å². The highest BCUT2D eigenvalue weighted by Crippen LogP contribution is 2.41. The van der Waals surface area contributed by atoms with Crippen molar-refractivity contribution in [2.45, 2.75) is 39.8 Å². The number of aryl methyl sites for hydroxylation is 1.